The summed E-state index contributed by atoms with van der Waals surface area (Å²) in [7, 11) is -3.75. The molecule has 3 rings (SSSR count). The first-order chi connectivity index (χ1) is 13.8. The molecule has 1 atom stereocenters. The molecule has 2 aromatic rings. The Morgan fingerprint density at radius 1 is 1.21 bits per heavy atom. The minimum Gasteiger partial charge on any atom is -0.491 e. The van der Waals surface area contributed by atoms with Crippen LogP contribution < -0.4 is 10.1 Å². The minimum atomic E-state index is -3.75. The number of carbonyl (C=O) groups excluding carboxylic acids is 1. The lowest BCUT2D eigenvalue weighted by molar-refractivity contribution is -0.124. The summed E-state index contributed by atoms with van der Waals surface area (Å²) in [6.07, 6.45) is 1.14. The normalized spacial score (nSPS) is 17.3. The van der Waals surface area contributed by atoms with Crippen LogP contribution in [0.5, 0.6) is 5.75 Å². The van der Waals surface area contributed by atoms with E-state index < -0.39 is 16.1 Å². The highest BCUT2D eigenvalue weighted by atomic mass is 35.5. The molecule has 29 heavy (non-hydrogen) atoms. The molecule has 0 aliphatic carbocycles. The lowest BCUT2D eigenvalue weighted by Crippen LogP contribution is -2.46. The third kappa shape index (κ3) is 5.10. The van der Waals surface area contributed by atoms with Gasteiger partial charge in [-0.15, -0.1) is 0 Å². The molecule has 156 valence electrons. The second kappa shape index (κ2) is 9.15. The van der Waals surface area contributed by atoms with E-state index in [-0.39, 0.29) is 10.8 Å². The lowest BCUT2D eigenvalue weighted by Gasteiger charge is -2.23. The van der Waals surface area contributed by atoms with E-state index in [1.54, 1.807) is 0 Å². The summed E-state index contributed by atoms with van der Waals surface area (Å²) >= 11 is 5.85. The molecule has 6 nitrogen and oxygen atoms in total. The number of halogens is 1. The Labute approximate surface area is 176 Å². The largest absolute Gasteiger partial charge is 0.491 e. The van der Waals surface area contributed by atoms with Crippen molar-refractivity contribution in [3.05, 3.63) is 58.6 Å². The number of carbonyl (C=O) groups is 1. The van der Waals surface area contributed by atoms with E-state index in [9.17, 15) is 13.2 Å². The third-order valence-corrected chi connectivity index (χ3v) is 7.10. The van der Waals surface area contributed by atoms with Crippen LogP contribution >= 0.6 is 11.6 Å². The predicted octanol–water partition coefficient (Wildman–Crippen LogP) is 3.31. The first kappa shape index (κ1) is 21.6. The zero-order valence-corrected chi connectivity index (χ0v) is 18.1. The Hall–Kier alpha value is -2.09. The lowest BCUT2D eigenvalue weighted by atomic mass is 10.1. The Balaban J connectivity index is 1.58. The Morgan fingerprint density at radius 3 is 2.66 bits per heavy atom. The maximum absolute atomic E-state index is 12.9. The van der Waals surface area contributed by atoms with Crippen molar-refractivity contribution in [1.82, 2.24) is 9.62 Å². The van der Waals surface area contributed by atoms with Crippen LogP contribution in [0, 0.1) is 13.8 Å². The number of hydrogen-bond donors (Lipinski definition) is 1. The van der Waals surface area contributed by atoms with Gasteiger partial charge in [0.25, 0.3) is 0 Å². The van der Waals surface area contributed by atoms with Crippen LogP contribution in [0.1, 0.15) is 24.0 Å². The fourth-order valence-electron chi connectivity index (χ4n) is 3.35. The van der Waals surface area contributed by atoms with E-state index in [1.807, 2.05) is 32.0 Å². The number of nitrogens with zero attached hydrogens (tertiary/aromatic N) is 1. The van der Waals surface area contributed by atoms with Crippen molar-refractivity contribution in [1.29, 1.82) is 0 Å². The van der Waals surface area contributed by atoms with E-state index >= 15 is 0 Å². The predicted molar refractivity (Wildman–Crippen MR) is 113 cm³/mol. The second-order valence-electron chi connectivity index (χ2n) is 7.14. The zero-order chi connectivity index (χ0) is 21.0. The van der Waals surface area contributed by atoms with Crippen LogP contribution in [-0.2, 0) is 14.8 Å². The summed E-state index contributed by atoms with van der Waals surface area (Å²) in [5, 5.41) is 3.26. The highest BCUT2D eigenvalue weighted by Gasteiger charge is 2.39. The van der Waals surface area contributed by atoms with Crippen LogP contribution in [0.2, 0.25) is 5.02 Å². The van der Waals surface area contributed by atoms with Crippen molar-refractivity contribution in [3.8, 4) is 5.75 Å². The molecule has 1 fully saturated rings. The highest BCUT2D eigenvalue weighted by molar-refractivity contribution is 7.89. The van der Waals surface area contributed by atoms with E-state index in [0.717, 1.165) is 16.9 Å². The number of sulfonamides is 1. The summed E-state index contributed by atoms with van der Waals surface area (Å²) in [6.45, 7) is 4.89. The first-order valence-electron chi connectivity index (χ1n) is 9.54. The molecule has 1 heterocycles. The Bertz CT molecular complexity index is 977. The summed E-state index contributed by atoms with van der Waals surface area (Å²) < 4.78 is 32.9. The maximum atomic E-state index is 12.9. The standard InChI is InChI=1S/C21H25ClN2O4S/c1-15-5-6-16(2)20(14-15)28-13-11-23-21(25)19-4-3-12-24(19)29(26,27)18-9-7-17(22)8-10-18/h5-10,14,19H,3-4,11-13H2,1-2H3,(H,23,25)/t19-/m0/s1. The highest BCUT2D eigenvalue weighted by Crippen LogP contribution is 2.27. The number of aryl methyl sites for hydroxylation is 2. The molecule has 0 saturated carbocycles. The Kier molecular flexibility index (Phi) is 6.82. The summed E-state index contributed by atoms with van der Waals surface area (Å²) in [4.78, 5) is 12.8. The molecule has 1 amide bonds. The SMILES string of the molecule is Cc1ccc(C)c(OCCNC(=O)[C@@H]2CCCN2S(=O)(=O)c2ccc(Cl)cc2)c1. The molecular formula is C21H25ClN2O4S. The van der Waals surface area contributed by atoms with Crippen molar-refractivity contribution in [3.63, 3.8) is 0 Å². The molecule has 1 aliphatic heterocycles. The molecule has 2 aromatic carbocycles. The summed E-state index contributed by atoms with van der Waals surface area (Å²) in [6, 6.07) is 11.2. The number of amides is 1. The zero-order valence-electron chi connectivity index (χ0n) is 16.5. The van der Waals surface area contributed by atoms with E-state index in [1.165, 1.54) is 28.6 Å². The smallest absolute Gasteiger partial charge is 0.243 e. The van der Waals surface area contributed by atoms with Gasteiger partial charge in [0.1, 0.15) is 18.4 Å². The van der Waals surface area contributed by atoms with Gasteiger partial charge in [-0.2, -0.15) is 4.31 Å². The fraction of sp³-hybridized carbons (Fsp3) is 0.381. The van der Waals surface area contributed by atoms with Crippen molar-refractivity contribution >= 4 is 27.5 Å². The molecule has 8 heteroatoms. The number of rotatable bonds is 7. The summed E-state index contributed by atoms with van der Waals surface area (Å²) in [5.74, 6) is 0.483. The van der Waals surface area contributed by atoms with Gasteiger partial charge in [0.15, 0.2) is 0 Å². The van der Waals surface area contributed by atoms with Gasteiger partial charge in [0.05, 0.1) is 11.4 Å². The molecule has 0 spiro atoms. The van der Waals surface area contributed by atoms with Gasteiger partial charge in [-0.1, -0.05) is 23.7 Å². The molecule has 0 radical (unpaired) electrons. The van der Waals surface area contributed by atoms with Crippen LogP contribution in [0.25, 0.3) is 0 Å². The van der Waals surface area contributed by atoms with Crippen LogP contribution in [-0.4, -0.2) is 44.4 Å². The molecular weight excluding hydrogens is 412 g/mol. The monoisotopic (exact) mass is 436 g/mol. The van der Waals surface area contributed by atoms with Gasteiger partial charge in [-0.25, -0.2) is 8.42 Å². The topological polar surface area (TPSA) is 75.7 Å². The molecule has 0 aromatic heterocycles. The molecule has 1 N–H and O–H groups in total. The average Bonchev–Trinajstić information content (AvgIpc) is 3.19. The van der Waals surface area contributed by atoms with Crippen molar-refractivity contribution in [2.75, 3.05) is 19.7 Å². The van der Waals surface area contributed by atoms with Crippen molar-refractivity contribution in [2.24, 2.45) is 0 Å². The van der Waals surface area contributed by atoms with Gasteiger partial charge >= 0.3 is 0 Å². The van der Waals surface area contributed by atoms with Gasteiger partial charge in [-0.05, 0) is 68.1 Å². The fourth-order valence-corrected chi connectivity index (χ4v) is 5.13. The van der Waals surface area contributed by atoms with Crippen molar-refractivity contribution in [2.45, 2.75) is 37.6 Å². The number of ether oxygens (including phenoxy) is 1. The molecule has 0 unspecified atom stereocenters. The number of nitrogens with one attached hydrogen (secondary N) is 1. The van der Waals surface area contributed by atoms with Crippen LogP contribution in [0.15, 0.2) is 47.4 Å². The summed E-state index contributed by atoms with van der Waals surface area (Å²) in [5.41, 5.74) is 2.13. The number of hydrogen-bond acceptors (Lipinski definition) is 4. The Morgan fingerprint density at radius 2 is 1.93 bits per heavy atom. The maximum Gasteiger partial charge on any atom is 0.243 e. The van der Waals surface area contributed by atoms with Crippen molar-refractivity contribution < 1.29 is 17.9 Å². The van der Waals surface area contributed by atoms with Crippen LogP contribution in [0.3, 0.4) is 0 Å². The van der Waals surface area contributed by atoms with E-state index in [2.05, 4.69) is 5.32 Å². The van der Waals surface area contributed by atoms with Gasteiger partial charge in [0, 0.05) is 11.6 Å². The van der Waals surface area contributed by atoms with Gasteiger partial charge in [-0.3, -0.25) is 4.79 Å². The molecule has 1 saturated heterocycles. The van der Waals surface area contributed by atoms with Gasteiger partial charge in [0.2, 0.25) is 15.9 Å². The van der Waals surface area contributed by atoms with Crippen LogP contribution in [0.4, 0.5) is 0 Å². The third-order valence-electron chi connectivity index (χ3n) is 4.93. The quantitative estimate of drug-likeness (QED) is 0.675. The molecule has 0 bridgehead atoms. The van der Waals surface area contributed by atoms with E-state index in [4.69, 9.17) is 16.3 Å². The van der Waals surface area contributed by atoms with Gasteiger partial charge < -0.3 is 10.1 Å². The molecule has 1 aliphatic rings. The number of benzene rings is 2. The minimum absolute atomic E-state index is 0.139. The first-order valence-corrected chi connectivity index (χ1v) is 11.4. The average molecular weight is 437 g/mol. The second-order valence-corrected chi connectivity index (χ2v) is 9.46. The van der Waals surface area contributed by atoms with E-state index in [0.29, 0.717) is 37.6 Å².